The molecule has 0 saturated heterocycles. The van der Waals surface area contributed by atoms with Gasteiger partial charge in [-0.1, -0.05) is 54.2 Å². The van der Waals surface area contributed by atoms with Crippen molar-refractivity contribution in [1.82, 2.24) is 9.80 Å². The van der Waals surface area contributed by atoms with Gasteiger partial charge < -0.3 is 9.64 Å². The summed E-state index contributed by atoms with van der Waals surface area (Å²) in [6.07, 6.45) is 1.76. The third-order valence-electron chi connectivity index (χ3n) is 4.95. The number of nitrogens with zero attached hydrogens (tertiary/aromatic N) is 3. The van der Waals surface area contributed by atoms with Gasteiger partial charge in [-0.25, -0.2) is 4.99 Å². The molecule has 31 heavy (non-hydrogen) atoms. The van der Waals surface area contributed by atoms with E-state index in [2.05, 4.69) is 4.99 Å². The number of ether oxygens (including phenoxy) is 1. The van der Waals surface area contributed by atoms with Gasteiger partial charge in [-0.2, -0.15) is 0 Å². The van der Waals surface area contributed by atoms with Crippen LogP contribution >= 0.6 is 11.8 Å². The molecule has 0 unspecified atom stereocenters. The number of rotatable bonds is 8. The molecule has 0 spiro atoms. The SMILES string of the molecule is CCN(CC)C(=O)CSC1=N/C(=C\c2ccc(OC)cc2)C(=O)N1Cc1ccccc1. The van der Waals surface area contributed by atoms with Crippen LogP contribution in [0, 0.1) is 0 Å². The third kappa shape index (κ3) is 5.76. The fraction of sp³-hybridized carbons (Fsp3) is 0.292. The number of benzene rings is 2. The summed E-state index contributed by atoms with van der Waals surface area (Å²) < 4.78 is 5.19. The van der Waals surface area contributed by atoms with Crippen molar-refractivity contribution in [2.75, 3.05) is 26.0 Å². The number of amidine groups is 1. The molecule has 0 saturated carbocycles. The van der Waals surface area contributed by atoms with Crippen LogP contribution in [0.1, 0.15) is 25.0 Å². The zero-order valence-corrected chi connectivity index (χ0v) is 18.9. The molecule has 7 heteroatoms. The maximum Gasteiger partial charge on any atom is 0.278 e. The minimum atomic E-state index is -0.169. The summed E-state index contributed by atoms with van der Waals surface area (Å²) in [6.45, 7) is 5.65. The maximum absolute atomic E-state index is 13.1. The highest BCUT2D eigenvalue weighted by molar-refractivity contribution is 8.14. The molecule has 3 rings (SSSR count). The predicted molar refractivity (Wildman–Crippen MR) is 126 cm³/mol. The topological polar surface area (TPSA) is 62.2 Å². The van der Waals surface area contributed by atoms with E-state index in [1.54, 1.807) is 23.0 Å². The Morgan fingerprint density at radius 3 is 2.39 bits per heavy atom. The van der Waals surface area contributed by atoms with Gasteiger partial charge in [0, 0.05) is 13.1 Å². The Morgan fingerprint density at radius 1 is 1.10 bits per heavy atom. The van der Waals surface area contributed by atoms with Crippen LogP contribution in [0.2, 0.25) is 0 Å². The van der Waals surface area contributed by atoms with Crippen molar-refractivity contribution in [3.8, 4) is 5.75 Å². The molecule has 1 heterocycles. The molecule has 2 aromatic rings. The molecule has 2 aromatic carbocycles. The van der Waals surface area contributed by atoms with Gasteiger partial charge in [0.05, 0.1) is 19.4 Å². The number of thioether (sulfide) groups is 1. The molecular formula is C24H27N3O3S. The summed E-state index contributed by atoms with van der Waals surface area (Å²) in [5.41, 5.74) is 2.22. The van der Waals surface area contributed by atoms with Gasteiger partial charge in [0.15, 0.2) is 5.17 Å². The zero-order valence-electron chi connectivity index (χ0n) is 18.1. The standard InChI is InChI=1S/C24H27N3O3S/c1-4-26(5-2)22(28)17-31-24-25-21(15-18-11-13-20(30-3)14-12-18)23(29)27(24)16-19-9-7-6-8-10-19/h6-15H,4-5,16-17H2,1-3H3/b21-15-. The summed E-state index contributed by atoms with van der Waals surface area (Å²) in [5, 5.41) is 0.550. The van der Waals surface area contributed by atoms with Crippen LogP contribution < -0.4 is 4.74 Å². The van der Waals surface area contributed by atoms with Crippen molar-refractivity contribution in [3.05, 3.63) is 71.4 Å². The molecule has 162 valence electrons. The van der Waals surface area contributed by atoms with Crippen molar-refractivity contribution >= 4 is 34.8 Å². The summed E-state index contributed by atoms with van der Waals surface area (Å²) in [6, 6.07) is 17.2. The monoisotopic (exact) mass is 437 g/mol. The lowest BCUT2D eigenvalue weighted by molar-refractivity contribution is -0.128. The molecule has 0 N–H and O–H groups in total. The first-order valence-electron chi connectivity index (χ1n) is 10.3. The summed E-state index contributed by atoms with van der Waals surface area (Å²) >= 11 is 1.31. The van der Waals surface area contributed by atoms with Crippen LogP contribution in [-0.4, -0.2) is 52.7 Å². The average molecular weight is 438 g/mol. The first-order chi connectivity index (χ1) is 15.0. The van der Waals surface area contributed by atoms with Crippen molar-refractivity contribution in [2.45, 2.75) is 20.4 Å². The van der Waals surface area contributed by atoms with Crippen LogP contribution in [-0.2, 0) is 16.1 Å². The second kappa shape index (κ2) is 10.8. The number of methoxy groups -OCH3 is 1. The van der Waals surface area contributed by atoms with Gasteiger partial charge in [0.1, 0.15) is 11.4 Å². The predicted octanol–water partition coefficient (Wildman–Crippen LogP) is 4.04. The third-order valence-corrected chi connectivity index (χ3v) is 5.92. The molecule has 1 aliphatic rings. The van der Waals surface area contributed by atoms with E-state index in [1.807, 2.05) is 68.4 Å². The number of hydrogen-bond donors (Lipinski definition) is 0. The molecule has 0 aromatic heterocycles. The molecule has 1 aliphatic heterocycles. The van der Waals surface area contributed by atoms with Crippen LogP contribution in [0.5, 0.6) is 5.75 Å². The number of aliphatic imine (C=N–C) groups is 1. The van der Waals surface area contributed by atoms with E-state index in [-0.39, 0.29) is 17.6 Å². The van der Waals surface area contributed by atoms with E-state index in [0.29, 0.717) is 30.5 Å². The van der Waals surface area contributed by atoms with Crippen LogP contribution in [0.15, 0.2) is 65.3 Å². The van der Waals surface area contributed by atoms with Crippen molar-refractivity contribution < 1.29 is 14.3 Å². The lowest BCUT2D eigenvalue weighted by Gasteiger charge is -2.20. The second-order valence-electron chi connectivity index (χ2n) is 6.93. The number of hydrogen-bond acceptors (Lipinski definition) is 5. The summed E-state index contributed by atoms with van der Waals surface area (Å²) in [5.74, 6) is 0.865. The zero-order chi connectivity index (χ0) is 22.2. The van der Waals surface area contributed by atoms with Crippen LogP contribution in [0.3, 0.4) is 0 Å². The Hall–Kier alpha value is -3.06. The van der Waals surface area contributed by atoms with Gasteiger partial charge in [0.25, 0.3) is 5.91 Å². The fourth-order valence-corrected chi connectivity index (χ4v) is 4.10. The second-order valence-corrected chi connectivity index (χ2v) is 7.87. The molecule has 0 aliphatic carbocycles. The Morgan fingerprint density at radius 2 is 1.77 bits per heavy atom. The maximum atomic E-state index is 13.1. The highest BCUT2D eigenvalue weighted by atomic mass is 32.2. The van der Waals surface area contributed by atoms with Gasteiger partial charge in [-0.15, -0.1) is 0 Å². The quantitative estimate of drug-likeness (QED) is 0.585. The smallest absolute Gasteiger partial charge is 0.278 e. The Balaban J connectivity index is 1.83. The average Bonchev–Trinajstić information content (AvgIpc) is 3.08. The van der Waals surface area contributed by atoms with E-state index >= 15 is 0 Å². The number of amides is 2. The largest absolute Gasteiger partial charge is 0.497 e. The van der Waals surface area contributed by atoms with Gasteiger partial charge in [-0.05, 0) is 43.2 Å². The first kappa shape index (κ1) is 22.6. The molecule has 0 bridgehead atoms. The lowest BCUT2D eigenvalue weighted by atomic mass is 10.1. The van der Waals surface area contributed by atoms with E-state index in [0.717, 1.165) is 16.9 Å². The van der Waals surface area contributed by atoms with Gasteiger partial charge in [0.2, 0.25) is 5.91 Å². The van der Waals surface area contributed by atoms with Gasteiger partial charge >= 0.3 is 0 Å². The van der Waals surface area contributed by atoms with E-state index in [9.17, 15) is 9.59 Å². The van der Waals surface area contributed by atoms with E-state index in [4.69, 9.17) is 4.74 Å². The summed E-state index contributed by atoms with van der Waals surface area (Å²) in [7, 11) is 1.61. The van der Waals surface area contributed by atoms with Crippen molar-refractivity contribution in [1.29, 1.82) is 0 Å². The molecule has 6 nitrogen and oxygen atoms in total. The van der Waals surface area contributed by atoms with Crippen LogP contribution in [0.4, 0.5) is 0 Å². The highest BCUT2D eigenvalue weighted by Gasteiger charge is 2.31. The van der Waals surface area contributed by atoms with E-state index < -0.39 is 0 Å². The molecule has 0 atom stereocenters. The highest BCUT2D eigenvalue weighted by Crippen LogP contribution is 2.26. The summed E-state index contributed by atoms with van der Waals surface area (Å²) in [4.78, 5) is 33.6. The van der Waals surface area contributed by atoms with Crippen molar-refractivity contribution in [3.63, 3.8) is 0 Å². The van der Waals surface area contributed by atoms with Crippen LogP contribution in [0.25, 0.3) is 6.08 Å². The van der Waals surface area contributed by atoms with E-state index in [1.165, 1.54) is 11.8 Å². The van der Waals surface area contributed by atoms with Crippen molar-refractivity contribution in [2.24, 2.45) is 4.99 Å². The Bertz CT molecular complexity index is 967. The molecule has 2 amide bonds. The molecule has 0 radical (unpaired) electrons. The molecular weight excluding hydrogens is 410 g/mol. The Kier molecular flexibility index (Phi) is 7.89. The normalized spacial score (nSPS) is 14.7. The van der Waals surface area contributed by atoms with Gasteiger partial charge in [-0.3, -0.25) is 14.5 Å². The Labute approximate surface area is 187 Å². The molecule has 0 fully saturated rings. The first-order valence-corrected chi connectivity index (χ1v) is 11.2. The minimum Gasteiger partial charge on any atom is -0.497 e. The number of carbonyl (C=O) groups is 2. The lowest BCUT2D eigenvalue weighted by Crippen LogP contribution is -2.34. The minimum absolute atomic E-state index is 0.0393. The number of carbonyl (C=O) groups excluding carboxylic acids is 2. The fourth-order valence-electron chi connectivity index (χ4n) is 3.20.